The number of benzene rings is 2. The molecule has 1 saturated heterocycles. The summed E-state index contributed by atoms with van der Waals surface area (Å²) in [7, 11) is 0. The Balaban J connectivity index is 1.39. The van der Waals surface area contributed by atoms with Gasteiger partial charge in [-0.15, -0.1) is 0 Å². The average molecular weight is 553 g/mol. The zero-order valence-electron chi connectivity index (χ0n) is 24.0. The van der Waals surface area contributed by atoms with Gasteiger partial charge in [-0.05, 0) is 60.4 Å². The zero-order valence-corrected chi connectivity index (χ0v) is 24.7. The SMILES string of the molecule is CC(C)CC(CC(C)C)N1CCN(C(=O)[C@@H](Cc2ccc(Cl)cc2)NC(=O)CC2Cc3ccccc3N2)CC1. The first kappa shape index (κ1) is 29.4. The average Bonchev–Trinajstić information content (AvgIpc) is 3.30. The van der Waals surface area contributed by atoms with Crippen molar-refractivity contribution in [1.29, 1.82) is 0 Å². The number of fused-ring (bicyclic) bond motifs is 1. The molecule has 4 rings (SSSR count). The number of hydrogen-bond acceptors (Lipinski definition) is 4. The minimum absolute atomic E-state index is 0.00452. The van der Waals surface area contributed by atoms with Crippen molar-refractivity contribution in [2.24, 2.45) is 11.8 Å². The number of hydrogen-bond donors (Lipinski definition) is 2. The van der Waals surface area contributed by atoms with Gasteiger partial charge in [-0.2, -0.15) is 0 Å². The van der Waals surface area contributed by atoms with Gasteiger partial charge in [-0.1, -0.05) is 69.6 Å². The third-order valence-corrected chi connectivity index (χ3v) is 8.14. The van der Waals surface area contributed by atoms with Gasteiger partial charge in [-0.25, -0.2) is 0 Å². The van der Waals surface area contributed by atoms with Crippen LogP contribution in [0, 0.1) is 11.8 Å². The van der Waals surface area contributed by atoms with E-state index in [2.05, 4.69) is 49.3 Å². The highest BCUT2D eigenvalue weighted by atomic mass is 35.5. The van der Waals surface area contributed by atoms with E-state index < -0.39 is 6.04 Å². The molecule has 2 atom stereocenters. The van der Waals surface area contributed by atoms with E-state index in [0.717, 1.165) is 30.8 Å². The smallest absolute Gasteiger partial charge is 0.245 e. The fourth-order valence-electron chi connectivity index (χ4n) is 6.04. The van der Waals surface area contributed by atoms with E-state index >= 15 is 0 Å². The minimum atomic E-state index is -0.601. The predicted octanol–water partition coefficient (Wildman–Crippen LogP) is 5.40. The molecule has 0 bridgehead atoms. The van der Waals surface area contributed by atoms with E-state index in [9.17, 15) is 9.59 Å². The van der Waals surface area contributed by atoms with E-state index in [-0.39, 0.29) is 17.9 Å². The summed E-state index contributed by atoms with van der Waals surface area (Å²) in [5.74, 6) is 1.20. The highest BCUT2D eigenvalue weighted by Crippen LogP contribution is 2.27. The number of halogens is 1. The summed E-state index contributed by atoms with van der Waals surface area (Å²) in [5, 5.41) is 7.21. The van der Waals surface area contributed by atoms with E-state index in [1.165, 1.54) is 18.4 Å². The Morgan fingerprint density at radius 2 is 1.59 bits per heavy atom. The molecule has 6 nitrogen and oxygen atoms in total. The Labute approximate surface area is 239 Å². The van der Waals surface area contributed by atoms with Crippen molar-refractivity contribution < 1.29 is 9.59 Å². The van der Waals surface area contributed by atoms with E-state index in [0.29, 0.717) is 48.8 Å². The van der Waals surface area contributed by atoms with Crippen molar-refractivity contribution in [3.8, 4) is 0 Å². The molecule has 0 aliphatic carbocycles. The topological polar surface area (TPSA) is 64.7 Å². The van der Waals surface area contributed by atoms with Gasteiger partial charge < -0.3 is 15.5 Å². The number of rotatable bonds is 11. The molecule has 0 radical (unpaired) electrons. The van der Waals surface area contributed by atoms with Crippen LogP contribution in [0.3, 0.4) is 0 Å². The quantitative estimate of drug-likeness (QED) is 0.392. The molecule has 2 N–H and O–H groups in total. The number of carbonyl (C=O) groups excluding carboxylic acids is 2. The summed E-state index contributed by atoms with van der Waals surface area (Å²) in [5.41, 5.74) is 3.31. The molecule has 2 heterocycles. The number of amides is 2. The molecule has 0 saturated carbocycles. The summed E-state index contributed by atoms with van der Waals surface area (Å²) >= 11 is 6.10. The monoisotopic (exact) mass is 552 g/mol. The van der Waals surface area contributed by atoms with Crippen LogP contribution in [0.25, 0.3) is 0 Å². The molecule has 0 spiro atoms. The largest absolute Gasteiger partial charge is 0.381 e. The molecule has 1 unspecified atom stereocenters. The molecule has 2 aliphatic rings. The Bertz CT molecular complexity index is 1060. The van der Waals surface area contributed by atoms with Crippen LogP contribution in [0.1, 0.15) is 58.1 Å². The van der Waals surface area contributed by atoms with E-state index in [1.807, 2.05) is 47.4 Å². The van der Waals surface area contributed by atoms with Gasteiger partial charge in [0, 0.05) is 61.8 Å². The molecule has 2 aliphatic heterocycles. The third-order valence-electron chi connectivity index (χ3n) is 7.89. The maximum Gasteiger partial charge on any atom is 0.245 e. The van der Waals surface area contributed by atoms with Crippen LogP contribution in [-0.2, 0) is 22.4 Å². The summed E-state index contributed by atoms with van der Waals surface area (Å²) < 4.78 is 0. The second-order valence-electron chi connectivity index (χ2n) is 12.1. The summed E-state index contributed by atoms with van der Waals surface area (Å²) in [6, 6.07) is 15.7. The second kappa shape index (κ2) is 13.7. The standard InChI is InChI=1S/C32H45ClN4O2/c1-22(2)17-28(18-23(3)4)36-13-15-37(16-14-36)32(39)30(19-24-9-11-26(33)12-10-24)35-31(38)21-27-20-25-7-5-6-8-29(25)34-27/h5-12,22-23,27-28,30,34H,13-21H2,1-4H3,(H,35,38)/t27?,30-/m1/s1. The van der Waals surface area contributed by atoms with Gasteiger partial charge in [-0.3, -0.25) is 14.5 Å². The van der Waals surface area contributed by atoms with E-state index in [1.54, 1.807) is 0 Å². The lowest BCUT2D eigenvalue weighted by atomic mass is 9.94. The predicted molar refractivity (Wildman–Crippen MR) is 160 cm³/mol. The molecule has 7 heteroatoms. The number of nitrogens with one attached hydrogen (secondary N) is 2. The molecular weight excluding hydrogens is 508 g/mol. The van der Waals surface area contributed by atoms with Gasteiger partial charge >= 0.3 is 0 Å². The van der Waals surface area contributed by atoms with Crippen molar-refractivity contribution in [2.75, 3.05) is 31.5 Å². The molecule has 212 valence electrons. The van der Waals surface area contributed by atoms with Crippen molar-refractivity contribution >= 4 is 29.1 Å². The molecule has 39 heavy (non-hydrogen) atoms. The Morgan fingerprint density at radius 3 is 2.21 bits per heavy atom. The van der Waals surface area contributed by atoms with Gasteiger partial charge in [0.25, 0.3) is 0 Å². The molecular formula is C32H45ClN4O2. The van der Waals surface area contributed by atoms with Crippen LogP contribution in [0.2, 0.25) is 5.02 Å². The van der Waals surface area contributed by atoms with Crippen LogP contribution in [0.15, 0.2) is 48.5 Å². The van der Waals surface area contributed by atoms with Gasteiger partial charge in [0.1, 0.15) is 6.04 Å². The van der Waals surface area contributed by atoms with Gasteiger partial charge in [0.05, 0.1) is 0 Å². The molecule has 1 fully saturated rings. The van der Waals surface area contributed by atoms with Crippen molar-refractivity contribution in [2.45, 2.75) is 77.9 Å². The minimum Gasteiger partial charge on any atom is -0.381 e. The molecule has 0 aromatic heterocycles. The lowest BCUT2D eigenvalue weighted by Crippen LogP contribution is -2.57. The number of anilines is 1. The highest BCUT2D eigenvalue weighted by molar-refractivity contribution is 6.30. The first-order valence-electron chi connectivity index (χ1n) is 14.6. The van der Waals surface area contributed by atoms with Crippen molar-refractivity contribution in [1.82, 2.24) is 15.1 Å². The van der Waals surface area contributed by atoms with Crippen LogP contribution >= 0.6 is 11.6 Å². The molecule has 2 amide bonds. The van der Waals surface area contributed by atoms with E-state index in [4.69, 9.17) is 11.6 Å². The summed E-state index contributed by atoms with van der Waals surface area (Å²) in [6.45, 7) is 12.3. The number of nitrogens with zero attached hydrogens (tertiary/aromatic N) is 2. The van der Waals surface area contributed by atoms with Crippen molar-refractivity contribution in [3.63, 3.8) is 0 Å². The number of carbonyl (C=O) groups is 2. The van der Waals surface area contributed by atoms with Crippen LogP contribution < -0.4 is 10.6 Å². The Morgan fingerprint density at radius 1 is 0.949 bits per heavy atom. The maximum absolute atomic E-state index is 13.8. The summed E-state index contributed by atoms with van der Waals surface area (Å²) in [4.78, 5) is 31.5. The summed E-state index contributed by atoms with van der Waals surface area (Å²) in [6.07, 6.45) is 3.96. The first-order valence-corrected chi connectivity index (χ1v) is 15.0. The fraction of sp³-hybridized carbons (Fsp3) is 0.562. The first-order chi connectivity index (χ1) is 18.7. The molecule has 2 aromatic rings. The van der Waals surface area contributed by atoms with Crippen molar-refractivity contribution in [3.05, 3.63) is 64.7 Å². The Kier molecular flexibility index (Phi) is 10.3. The van der Waals surface area contributed by atoms with Gasteiger partial charge in [0.2, 0.25) is 11.8 Å². The van der Waals surface area contributed by atoms with Crippen LogP contribution in [0.4, 0.5) is 5.69 Å². The van der Waals surface area contributed by atoms with Gasteiger partial charge in [0.15, 0.2) is 0 Å². The van der Waals surface area contributed by atoms with Crippen LogP contribution in [0.5, 0.6) is 0 Å². The highest BCUT2D eigenvalue weighted by Gasteiger charge is 2.32. The number of para-hydroxylation sites is 1. The lowest BCUT2D eigenvalue weighted by molar-refractivity contribution is -0.138. The number of piperazine rings is 1. The normalized spacial score (nSPS) is 18.4. The third kappa shape index (κ3) is 8.46. The molecule has 2 aromatic carbocycles. The maximum atomic E-state index is 13.8. The fourth-order valence-corrected chi connectivity index (χ4v) is 6.17. The lowest BCUT2D eigenvalue weighted by Gasteiger charge is -2.41. The second-order valence-corrected chi connectivity index (χ2v) is 12.6. The van der Waals surface area contributed by atoms with Crippen LogP contribution in [-0.4, -0.2) is 65.9 Å². The Hall–Kier alpha value is -2.57. The zero-order chi connectivity index (χ0) is 27.9.